The molecule has 2 N–H and O–H groups in total. The van der Waals surface area contributed by atoms with Gasteiger partial charge in [-0.2, -0.15) is 0 Å². The summed E-state index contributed by atoms with van der Waals surface area (Å²) in [6.45, 7) is 3.49. The van der Waals surface area contributed by atoms with Gasteiger partial charge in [0, 0.05) is 94.7 Å². The molecule has 4 heterocycles. The van der Waals surface area contributed by atoms with Crippen molar-refractivity contribution in [2.45, 2.75) is 0 Å². The lowest BCUT2D eigenvalue weighted by Gasteiger charge is -2.28. The van der Waals surface area contributed by atoms with Crippen LogP contribution in [0.2, 0.25) is 0 Å². The van der Waals surface area contributed by atoms with Crippen LogP contribution in [0.15, 0.2) is 67.3 Å². The van der Waals surface area contributed by atoms with Gasteiger partial charge < -0.3 is 24.2 Å². The second kappa shape index (κ2) is 6.82. The number of aromatic amines is 2. The smallest absolute Gasteiger partial charge is 0.0642 e. The van der Waals surface area contributed by atoms with Gasteiger partial charge in [-0.3, -0.25) is 0 Å². The van der Waals surface area contributed by atoms with Crippen LogP contribution in [0.4, 0.5) is 5.69 Å². The molecule has 0 radical (unpaired) electrons. The van der Waals surface area contributed by atoms with E-state index in [0.29, 0.717) is 0 Å². The molecule has 5 aromatic rings. The summed E-state index contributed by atoms with van der Waals surface area (Å²) in [4.78, 5) is 9.23. The Morgan fingerprint density at radius 1 is 0.833 bits per heavy atom. The predicted molar refractivity (Wildman–Crippen MR) is 123 cm³/mol. The fraction of sp³-hybridized carbons (Fsp3) is 0.200. The van der Waals surface area contributed by atoms with Crippen molar-refractivity contribution in [1.82, 2.24) is 14.5 Å². The van der Waals surface area contributed by atoms with Gasteiger partial charge in [0.1, 0.15) is 0 Å². The maximum Gasteiger partial charge on any atom is 0.0642 e. The number of rotatable bonds is 3. The van der Waals surface area contributed by atoms with Gasteiger partial charge in [-0.1, -0.05) is 24.3 Å². The zero-order chi connectivity index (χ0) is 20.1. The Morgan fingerprint density at radius 3 is 2.50 bits per heavy atom. The average Bonchev–Trinajstić information content (AvgIpc) is 3.51. The molecule has 0 bridgehead atoms. The van der Waals surface area contributed by atoms with Crippen LogP contribution in [0.25, 0.3) is 44.1 Å². The largest absolute Gasteiger partial charge is 0.378 e. The normalized spacial score (nSPS) is 14.8. The molecule has 3 aromatic heterocycles. The Labute approximate surface area is 174 Å². The standard InChI is InChI=1S/C25H24N4O/c1-28-16-23(19-4-2-3-5-25(19)28)21-14-26-13-20(21)22-15-27-24-12-17(6-7-18(22)24)29-8-10-30-11-9-29/h2-7,12-16,26-27H,8-11H2,1H3. The van der Waals surface area contributed by atoms with Crippen LogP contribution in [0.5, 0.6) is 0 Å². The summed E-state index contributed by atoms with van der Waals surface area (Å²) in [6.07, 6.45) is 8.57. The number of nitrogens with one attached hydrogen (secondary N) is 2. The first-order valence-corrected chi connectivity index (χ1v) is 10.4. The minimum Gasteiger partial charge on any atom is -0.378 e. The molecule has 0 unspecified atom stereocenters. The van der Waals surface area contributed by atoms with Crippen molar-refractivity contribution in [3.05, 3.63) is 67.3 Å². The number of H-pyrrole nitrogens is 2. The van der Waals surface area contributed by atoms with Crippen molar-refractivity contribution in [3.63, 3.8) is 0 Å². The highest BCUT2D eigenvalue weighted by Crippen LogP contribution is 2.40. The number of fused-ring (bicyclic) bond motifs is 2. The second-order valence-corrected chi connectivity index (χ2v) is 7.99. The van der Waals surface area contributed by atoms with Crippen LogP contribution in [0.1, 0.15) is 0 Å². The quantitative estimate of drug-likeness (QED) is 0.443. The summed E-state index contributed by atoms with van der Waals surface area (Å²) in [5.74, 6) is 0. The average molecular weight is 396 g/mol. The zero-order valence-electron chi connectivity index (χ0n) is 17.0. The summed E-state index contributed by atoms with van der Waals surface area (Å²) < 4.78 is 7.69. The first-order valence-electron chi connectivity index (χ1n) is 10.4. The molecule has 1 aliphatic rings. The maximum atomic E-state index is 5.49. The molecule has 2 aromatic carbocycles. The van der Waals surface area contributed by atoms with Gasteiger partial charge in [0.25, 0.3) is 0 Å². The van der Waals surface area contributed by atoms with E-state index in [0.717, 1.165) is 26.3 Å². The molecular weight excluding hydrogens is 372 g/mol. The van der Waals surface area contributed by atoms with Crippen LogP contribution in [-0.4, -0.2) is 40.8 Å². The fourth-order valence-electron chi connectivity index (χ4n) is 4.72. The van der Waals surface area contributed by atoms with E-state index in [1.54, 1.807) is 0 Å². The third kappa shape index (κ3) is 2.66. The highest BCUT2D eigenvalue weighted by molar-refractivity contribution is 6.05. The van der Waals surface area contributed by atoms with Crippen LogP contribution in [0.3, 0.4) is 0 Å². The number of aryl methyl sites for hydroxylation is 1. The third-order valence-corrected chi connectivity index (χ3v) is 6.26. The van der Waals surface area contributed by atoms with Crippen LogP contribution >= 0.6 is 0 Å². The van der Waals surface area contributed by atoms with E-state index >= 15 is 0 Å². The Bertz CT molecular complexity index is 1350. The Balaban J connectivity index is 1.45. The van der Waals surface area contributed by atoms with E-state index in [-0.39, 0.29) is 0 Å². The molecule has 5 nitrogen and oxygen atoms in total. The van der Waals surface area contributed by atoms with E-state index in [1.807, 2.05) is 0 Å². The number of nitrogens with zero attached hydrogens (tertiary/aromatic N) is 2. The van der Waals surface area contributed by atoms with Gasteiger partial charge in [-0.25, -0.2) is 0 Å². The van der Waals surface area contributed by atoms with E-state index in [9.17, 15) is 0 Å². The highest BCUT2D eigenvalue weighted by atomic mass is 16.5. The molecule has 0 saturated carbocycles. The molecule has 0 atom stereocenters. The number of ether oxygens (including phenoxy) is 1. The molecule has 30 heavy (non-hydrogen) atoms. The number of morpholine rings is 1. The molecular formula is C25H24N4O. The highest BCUT2D eigenvalue weighted by Gasteiger charge is 2.18. The van der Waals surface area contributed by atoms with Gasteiger partial charge in [-0.15, -0.1) is 0 Å². The summed E-state index contributed by atoms with van der Waals surface area (Å²) in [6, 6.07) is 15.3. The number of anilines is 1. The van der Waals surface area contributed by atoms with Gasteiger partial charge in [-0.05, 0) is 18.2 Å². The number of para-hydroxylation sites is 1. The zero-order valence-corrected chi connectivity index (χ0v) is 17.0. The van der Waals surface area contributed by atoms with Crippen molar-refractivity contribution in [1.29, 1.82) is 0 Å². The van der Waals surface area contributed by atoms with E-state index < -0.39 is 0 Å². The Morgan fingerprint density at radius 2 is 1.63 bits per heavy atom. The molecule has 6 rings (SSSR count). The Hall–Kier alpha value is -3.44. The molecule has 0 spiro atoms. The number of hydrogen-bond acceptors (Lipinski definition) is 2. The monoisotopic (exact) mass is 396 g/mol. The summed E-state index contributed by atoms with van der Waals surface area (Å²) in [7, 11) is 2.11. The van der Waals surface area contributed by atoms with Crippen LogP contribution in [-0.2, 0) is 11.8 Å². The molecule has 1 fully saturated rings. The molecule has 1 aliphatic heterocycles. The molecule has 150 valence electrons. The Kier molecular flexibility index (Phi) is 3.96. The molecule has 5 heteroatoms. The number of aromatic nitrogens is 3. The van der Waals surface area contributed by atoms with Gasteiger partial charge in [0.15, 0.2) is 0 Å². The first-order chi connectivity index (χ1) is 14.8. The van der Waals surface area contributed by atoms with Crippen molar-refractivity contribution in [3.8, 4) is 22.3 Å². The lowest BCUT2D eigenvalue weighted by Crippen LogP contribution is -2.36. The minimum atomic E-state index is 0.797. The lowest BCUT2D eigenvalue weighted by atomic mass is 9.98. The van der Waals surface area contributed by atoms with E-state index in [4.69, 9.17) is 4.74 Å². The van der Waals surface area contributed by atoms with Crippen molar-refractivity contribution in [2.75, 3.05) is 31.2 Å². The number of hydrogen-bond donors (Lipinski definition) is 2. The maximum absolute atomic E-state index is 5.49. The van der Waals surface area contributed by atoms with Crippen LogP contribution < -0.4 is 4.90 Å². The second-order valence-electron chi connectivity index (χ2n) is 7.99. The van der Waals surface area contributed by atoms with Crippen molar-refractivity contribution in [2.24, 2.45) is 7.05 Å². The minimum absolute atomic E-state index is 0.797. The van der Waals surface area contributed by atoms with Crippen molar-refractivity contribution < 1.29 is 4.74 Å². The van der Waals surface area contributed by atoms with Gasteiger partial charge >= 0.3 is 0 Å². The summed E-state index contributed by atoms with van der Waals surface area (Å²) in [5, 5.41) is 2.52. The molecule has 0 aliphatic carbocycles. The third-order valence-electron chi connectivity index (χ3n) is 6.26. The SMILES string of the molecule is Cn1cc(-c2c[nH]cc2-c2c[nH]c3cc(N4CCOCC4)ccc23)c2ccccc21. The van der Waals surface area contributed by atoms with Gasteiger partial charge in [0.2, 0.25) is 0 Å². The van der Waals surface area contributed by atoms with Crippen LogP contribution in [0, 0.1) is 0 Å². The molecule has 0 amide bonds. The van der Waals surface area contributed by atoms with Crippen molar-refractivity contribution >= 4 is 27.5 Å². The van der Waals surface area contributed by atoms with E-state index in [2.05, 4.69) is 93.7 Å². The predicted octanol–water partition coefficient (Wildman–Crippen LogP) is 5.16. The lowest BCUT2D eigenvalue weighted by molar-refractivity contribution is 0.122. The summed E-state index contributed by atoms with van der Waals surface area (Å²) in [5.41, 5.74) is 8.59. The summed E-state index contributed by atoms with van der Waals surface area (Å²) >= 11 is 0. The molecule has 1 saturated heterocycles. The first kappa shape index (κ1) is 17.4. The van der Waals surface area contributed by atoms with E-state index in [1.165, 1.54) is 49.7 Å². The topological polar surface area (TPSA) is 49.0 Å². The fourth-order valence-corrected chi connectivity index (χ4v) is 4.72. The number of benzene rings is 2. The van der Waals surface area contributed by atoms with Gasteiger partial charge in [0.05, 0.1) is 13.2 Å².